The SMILES string of the molecule is COc1ccc(C)cc1C(C)N1CCN(CC(=O)O)CC1. The number of benzene rings is 1. The quantitative estimate of drug-likeness (QED) is 0.896. The molecule has 1 heterocycles. The lowest BCUT2D eigenvalue weighted by atomic mass is 10.0. The van der Waals surface area contributed by atoms with Crippen molar-refractivity contribution in [2.24, 2.45) is 0 Å². The van der Waals surface area contributed by atoms with Crippen LogP contribution in [0.4, 0.5) is 0 Å². The van der Waals surface area contributed by atoms with E-state index in [4.69, 9.17) is 9.84 Å². The predicted octanol–water partition coefficient (Wildman–Crippen LogP) is 1.77. The number of methoxy groups -OCH3 is 1. The minimum atomic E-state index is -0.753. The van der Waals surface area contributed by atoms with E-state index in [0.29, 0.717) is 0 Å². The maximum absolute atomic E-state index is 10.8. The largest absolute Gasteiger partial charge is 0.496 e. The van der Waals surface area contributed by atoms with Crippen molar-refractivity contribution < 1.29 is 14.6 Å². The van der Waals surface area contributed by atoms with Crippen LogP contribution >= 0.6 is 0 Å². The Morgan fingerprint density at radius 2 is 2.00 bits per heavy atom. The summed E-state index contributed by atoms with van der Waals surface area (Å²) in [5.74, 6) is 0.165. The minimum Gasteiger partial charge on any atom is -0.496 e. The van der Waals surface area contributed by atoms with Gasteiger partial charge in [-0.25, -0.2) is 0 Å². The fourth-order valence-electron chi connectivity index (χ4n) is 2.88. The van der Waals surface area contributed by atoms with Crippen LogP contribution in [0.1, 0.15) is 24.1 Å². The van der Waals surface area contributed by atoms with Crippen molar-refractivity contribution in [2.75, 3.05) is 39.8 Å². The molecule has 0 spiro atoms. The Morgan fingerprint density at radius 3 is 2.57 bits per heavy atom. The molecule has 1 unspecified atom stereocenters. The number of aryl methyl sites for hydroxylation is 1. The van der Waals surface area contributed by atoms with Gasteiger partial charge in [0.15, 0.2) is 0 Å². The number of hydrogen-bond donors (Lipinski definition) is 1. The lowest BCUT2D eigenvalue weighted by Crippen LogP contribution is -2.48. The van der Waals surface area contributed by atoms with Gasteiger partial charge in [0.25, 0.3) is 0 Å². The number of nitrogens with zero attached hydrogens (tertiary/aromatic N) is 2. The standard InChI is InChI=1S/C16H24N2O3/c1-12-4-5-15(21-3)14(10-12)13(2)18-8-6-17(7-9-18)11-16(19)20/h4-5,10,13H,6-9,11H2,1-3H3,(H,19,20). The third-order valence-corrected chi connectivity index (χ3v) is 4.15. The fourth-order valence-corrected chi connectivity index (χ4v) is 2.88. The minimum absolute atomic E-state index is 0.135. The molecule has 21 heavy (non-hydrogen) atoms. The first-order valence-corrected chi connectivity index (χ1v) is 7.34. The molecule has 5 heteroatoms. The molecule has 1 saturated heterocycles. The maximum Gasteiger partial charge on any atom is 0.317 e. The van der Waals surface area contributed by atoms with Crippen molar-refractivity contribution in [1.82, 2.24) is 9.80 Å². The molecule has 1 aromatic rings. The summed E-state index contributed by atoms with van der Waals surface area (Å²) in [6.07, 6.45) is 0. The number of aliphatic carboxylic acids is 1. The first-order chi connectivity index (χ1) is 10.0. The van der Waals surface area contributed by atoms with E-state index in [1.54, 1.807) is 7.11 Å². The number of rotatable bonds is 5. The van der Waals surface area contributed by atoms with Crippen molar-refractivity contribution in [3.05, 3.63) is 29.3 Å². The van der Waals surface area contributed by atoms with Crippen molar-refractivity contribution in [3.63, 3.8) is 0 Å². The van der Waals surface area contributed by atoms with Gasteiger partial charge in [-0.05, 0) is 19.9 Å². The smallest absolute Gasteiger partial charge is 0.317 e. The van der Waals surface area contributed by atoms with E-state index in [1.165, 1.54) is 11.1 Å². The zero-order valence-corrected chi connectivity index (χ0v) is 13.0. The molecular weight excluding hydrogens is 268 g/mol. The summed E-state index contributed by atoms with van der Waals surface area (Å²) in [5.41, 5.74) is 2.42. The number of carboxylic acid groups (broad SMARTS) is 1. The highest BCUT2D eigenvalue weighted by molar-refractivity contribution is 5.69. The van der Waals surface area contributed by atoms with Gasteiger partial charge in [-0.1, -0.05) is 17.7 Å². The Morgan fingerprint density at radius 1 is 1.33 bits per heavy atom. The van der Waals surface area contributed by atoms with Gasteiger partial charge >= 0.3 is 5.97 Å². The molecule has 1 fully saturated rings. The monoisotopic (exact) mass is 292 g/mol. The third-order valence-electron chi connectivity index (χ3n) is 4.15. The van der Waals surface area contributed by atoms with Crippen molar-refractivity contribution in [2.45, 2.75) is 19.9 Å². The summed E-state index contributed by atoms with van der Waals surface area (Å²) in [4.78, 5) is 15.1. The van der Waals surface area contributed by atoms with Gasteiger partial charge in [-0.15, -0.1) is 0 Å². The molecule has 0 aromatic heterocycles. The van der Waals surface area contributed by atoms with Gasteiger partial charge < -0.3 is 9.84 Å². The molecular formula is C16H24N2O3. The van der Waals surface area contributed by atoms with E-state index in [1.807, 2.05) is 11.0 Å². The van der Waals surface area contributed by atoms with E-state index in [-0.39, 0.29) is 12.6 Å². The van der Waals surface area contributed by atoms with Crippen LogP contribution in [0.15, 0.2) is 18.2 Å². The molecule has 1 N–H and O–H groups in total. The average molecular weight is 292 g/mol. The summed E-state index contributed by atoms with van der Waals surface area (Å²) in [6, 6.07) is 6.52. The molecule has 0 amide bonds. The molecule has 116 valence electrons. The van der Waals surface area contributed by atoms with E-state index in [0.717, 1.165) is 31.9 Å². The first kappa shape index (κ1) is 15.8. The number of piperazine rings is 1. The number of carbonyl (C=O) groups is 1. The zero-order valence-electron chi connectivity index (χ0n) is 13.0. The highest BCUT2D eigenvalue weighted by atomic mass is 16.5. The Bertz CT molecular complexity index is 496. The maximum atomic E-state index is 10.8. The predicted molar refractivity (Wildman–Crippen MR) is 81.8 cm³/mol. The lowest BCUT2D eigenvalue weighted by Gasteiger charge is -2.38. The highest BCUT2D eigenvalue weighted by Crippen LogP contribution is 2.30. The third kappa shape index (κ3) is 3.95. The first-order valence-electron chi connectivity index (χ1n) is 7.34. The van der Waals surface area contributed by atoms with Crippen LogP contribution in [-0.4, -0.2) is 60.7 Å². The van der Waals surface area contributed by atoms with Gasteiger partial charge in [-0.3, -0.25) is 14.6 Å². The molecule has 1 aliphatic rings. The van der Waals surface area contributed by atoms with Crippen molar-refractivity contribution >= 4 is 5.97 Å². The molecule has 0 bridgehead atoms. The fraction of sp³-hybridized carbons (Fsp3) is 0.562. The molecule has 5 nitrogen and oxygen atoms in total. The number of hydrogen-bond acceptors (Lipinski definition) is 4. The van der Waals surface area contributed by atoms with Gasteiger partial charge in [0.05, 0.1) is 13.7 Å². The second-order valence-electron chi connectivity index (χ2n) is 5.63. The number of carboxylic acids is 1. The normalized spacial score (nSPS) is 18.4. The van der Waals surface area contributed by atoms with Crippen LogP contribution < -0.4 is 4.74 Å². The van der Waals surface area contributed by atoms with Crippen LogP contribution in [0, 0.1) is 6.92 Å². The Hall–Kier alpha value is -1.59. The molecule has 2 rings (SSSR count). The van der Waals surface area contributed by atoms with E-state index in [9.17, 15) is 4.79 Å². The molecule has 1 aromatic carbocycles. The van der Waals surface area contributed by atoms with E-state index < -0.39 is 5.97 Å². The molecule has 0 saturated carbocycles. The van der Waals surface area contributed by atoms with E-state index >= 15 is 0 Å². The van der Waals surface area contributed by atoms with E-state index in [2.05, 4.69) is 30.9 Å². The number of ether oxygens (including phenoxy) is 1. The second-order valence-corrected chi connectivity index (χ2v) is 5.63. The van der Waals surface area contributed by atoms with Crippen LogP contribution in [-0.2, 0) is 4.79 Å². The average Bonchev–Trinajstić information content (AvgIpc) is 2.46. The summed E-state index contributed by atoms with van der Waals surface area (Å²) in [6.45, 7) is 7.76. The summed E-state index contributed by atoms with van der Waals surface area (Å²) in [5, 5.41) is 8.85. The van der Waals surface area contributed by atoms with Crippen LogP contribution in [0.25, 0.3) is 0 Å². The topological polar surface area (TPSA) is 53.0 Å². The molecule has 0 radical (unpaired) electrons. The van der Waals surface area contributed by atoms with Gasteiger partial charge in [0.1, 0.15) is 5.75 Å². The van der Waals surface area contributed by atoms with Crippen LogP contribution in [0.3, 0.4) is 0 Å². The van der Waals surface area contributed by atoms with Gasteiger partial charge in [0.2, 0.25) is 0 Å². The van der Waals surface area contributed by atoms with Crippen LogP contribution in [0.5, 0.6) is 5.75 Å². The van der Waals surface area contributed by atoms with Gasteiger partial charge in [0, 0.05) is 37.8 Å². The van der Waals surface area contributed by atoms with Crippen LogP contribution in [0.2, 0.25) is 0 Å². The zero-order chi connectivity index (χ0) is 15.4. The molecule has 1 aliphatic heterocycles. The second kappa shape index (κ2) is 6.91. The van der Waals surface area contributed by atoms with Gasteiger partial charge in [-0.2, -0.15) is 0 Å². The van der Waals surface area contributed by atoms with Crippen molar-refractivity contribution in [3.8, 4) is 5.75 Å². The Labute approximate surface area is 126 Å². The van der Waals surface area contributed by atoms with Crippen molar-refractivity contribution in [1.29, 1.82) is 0 Å². The summed E-state index contributed by atoms with van der Waals surface area (Å²) >= 11 is 0. The summed E-state index contributed by atoms with van der Waals surface area (Å²) in [7, 11) is 1.70. The highest BCUT2D eigenvalue weighted by Gasteiger charge is 2.24. The molecule has 0 aliphatic carbocycles. The summed E-state index contributed by atoms with van der Waals surface area (Å²) < 4.78 is 5.47. The lowest BCUT2D eigenvalue weighted by molar-refractivity contribution is -0.138. The Kier molecular flexibility index (Phi) is 5.20. The Balaban J connectivity index is 2.03. The molecule has 1 atom stereocenters.